The molecule has 1 fully saturated rings. The van der Waals surface area contributed by atoms with Crippen molar-refractivity contribution in [3.63, 3.8) is 0 Å². The van der Waals surface area contributed by atoms with E-state index in [0.717, 1.165) is 65.9 Å². The molecule has 1 aliphatic heterocycles. The van der Waals surface area contributed by atoms with Crippen LogP contribution in [0, 0.1) is 0 Å². The third-order valence-corrected chi connectivity index (χ3v) is 7.57. The molecule has 1 amide bonds. The van der Waals surface area contributed by atoms with Gasteiger partial charge in [0.25, 0.3) is 0 Å². The van der Waals surface area contributed by atoms with Crippen LogP contribution in [0.25, 0.3) is 10.2 Å². The minimum absolute atomic E-state index is 0. The number of nitrogens with zero attached hydrogens (tertiary/aromatic N) is 3. The molecule has 0 spiro atoms. The number of ether oxygens (including phenoxy) is 1. The number of carbonyl (C=O) groups is 1. The number of halogens is 2. The van der Waals surface area contributed by atoms with Crippen molar-refractivity contribution in [2.75, 3.05) is 44.3 Å². The number of anilines is 1. The Bertz CT molecular complexity index is 1000. The van der Waals surface area contributed by atoms with Gasteiger partial charge in [-0.1, -0.05) is 35.9 Å². The first-order valence-corrected chi connectivity index (χ1v) is 12.4. The lowest BCUT2D eigenvalue weighted by Crippen LogP contribution is -2.39. The largest absolute Gasteiger partial charge is 0.379 e. The van der Waals surface area contributed by atoms with Crippen LogP contribution in [0.15, 0.2) is 30.3 Å². The smallest absolute Gasteiger partial charge is 0.234 e. The molecule has 1 aromatic carbocycles. The lowest BCUT2D eigenvalue weighted by molar-refractivity contribution is -0.118. The van der Waals surface area contributed by atoms with E-state index in [1.807, 2.05) is 17.0 Å². The molecule has 0 N–H and O–H groups in total. The summed E-state index contributed by atoms with van der Waals surface area (Å²) in [5.74, 6) is 0.0743. The second-order valence-electron chi connectivity index (χ2n) is 7.39. The molecule has 0 saturated carbocycles. The van der Waals surface area contributed by atoms with Gasteiger partial charge in [0.15, 0.2) is 5.13 Å². The number of thiophene rings is 1. The second-order valence-corrected chi connectivity index (χ2v) is 10.2. The molecule has 31 heavy (non-hydrogen) atoms. The van der Waals surface area contributed by atoms with Crippen molar-refractivity contribution in [2.45, 2.75) is 26.2 Å². The number of fused-ring (bicyclic) bond motifs is 1. The summed E-state index contributed by atoms with van der Waals surface area (Å²) < 4.78 is 7.28. The van der Waals surface area contributed by atoms with Crippen LogP contribution in [-0.4, -0.2) is 55.2 Å². The van der Waals surface area contributed by atoms with Crippen LogP contribution in [0.5, 0.6) is 0 Å². The van der Waals surface area contributed by atoms with Gasteiger partial charge in [-0.15, -0.1) is 23.7 Å². The number of carbonyl (C=O) groups excluding carboxylic acids is 1. The molecule has 3 aromatic rings. The molecule has 1 saturated heterocycles. The van der Waals surface area contributed by atoms with E-state index in [1.54, 1.807) is 11.3 Å². The summed E-state index contributed by atoms with van der Waals surface area (Å²) >= 11 is 9.13. The van der Waals surface area contributed by atoms with Crippen LogP contribution in [-0.2, 0) is 22.4 Å². The van der Waals surface area contributed by atoms with E-state index in [1.165, 1.54) is 16.9 Å². The Labute approximate surface area is 202 Å². The predicted octanol–water partition coefficient (Wildman–Crippen LogP) is 5.29. The summed E-state index contributed by atoms with van der Waals surface area (Å²) in [5.41, 5.74) is 2.24. The maximum Gasteiger partial charge on any atom is 0.234 e. The number of hydrogen-bond acceptors (Lipinski definition) is 6. The SMILES string of the molecule is CCc1ccc2nc(N(CCCN3CCOCC3)C(=O)Cc3ccc(Cl)s3)sc2c1.Cl. The van der Waals surface area contributed by atoms with Gasteiger partial charge in [-0.2, -0.15) is 0 Å². The number of thiazole rings is 1. The highest BCUT2D eigenvalue weighted by atomic mass is 35.5. The van der Waals surface area contributed by atoms with Gasteiger partial charge in [-0.05, 0) is 42.7 Å². The molecule has 0 aliphatic carbocycles. The third-order valence-electron chi connectivity index (χ3n) is 5.30. The summed E-state index contributed by atoms with van der Waals surface area (Å²) in [4.78, 5) is 23.3. The van der Waals surface area contributed by atoms with E-state index >= 15 is 0 Å². The van der Waals surface area contributed by atoms with Gasteiger partial charge in [0, 0.05) is 31.1 Å². The van der Waals surface area contributed by atoms with E-state index < -0.39 is 0 Å². The summed E-state index contributed by atoms with van der Waals surface area (Å²) in [6, 6.07) is 10.1. The summed E-state index contributed by atoms with van der Waals surface area (Å²) in [6.45, 7) is 7.28. The number of hydrogen-bond donors (Lipinski definition) is 0. The maximum atomic E-state index is 13.2. The number of morpholine rings is 1. The van der Waals surface area contributed by atoms with Gasteiger partial charge in [0.05, 0.1) is 34.2 Å². The van der Waals surface area contributed by atoms with Crippen LogP contribution in [0.4, 0.5) is 5.13 Å². The van der Waals surface area contributed by atoms with Gasteiger partial charge in [-0.25, -0.2) is 4.98 Å². The van der Waals surface area contributed by atoms with E-state index in [0.29, 0.717) is 17.3 Å². The number of rotatable bonds is 8. The maximum absolute atomic E-state index is 13.2. The summed E-state index contributed by atoms with van der Waals surface area (Å²) in [5, 5.41) is 0.785. The van der Waals surface area contributed by atoms with Crippen LogP contribution >= 0.6 is 46.7 Å². The van der Waals surface area contributed by atoms with Crippen LogP contribution in [0.3, 0.4) is 0 Å². The first-order valence-electron chi connectivity index (χ1n) is 10.4. The second kappa shape index (κ2) is 11.6. The predicted molar refractivity (Wildman–Crippen MR) is 134 cm³/mol. The highest BCUT2D eigenvalue weighted by molar-refractivity contribution is 7.22. The van der Waals surface area contributed by atoms with Gasteiger partial charge >= 0.3 is 0 Å². The molecule has 0 atom stereocenters. The Morgan fingerprint density at radius 3 is 2.74 bits per heavy atom. The van der Waals surface area contributed by atoms with Crippen LogP contribution in [0.2, 0.25) is 4.34 Å². The zero-order chi connectivity index (χ0) is 20.9. The Morgan fingerprint density at radius 1 is 1.23 bits per heavy atom. The lowest BCUT2D eigenvalue weighted by Gasteiger charge is -2.27. The monoisotopic (exact) mass is 499 g/mol. The van der Waals surface area contributed by atoms with Gasteiger partial charge in [-0.3, -0.25) is 14.6 Å². The Morgan fingerprint density at radius 2 is 2.03 bits per heavy atom. The first-order chi connectivity index (χ1) is 14.6. The Kier molecular flexibility index (Phi) is 9.13. The highest BCUT2D eigenvalue weighted by Gasteiger charge is 2.21. The lowest BCUT2D eigenvalue weighted by atomic mass is 10.2. The van der Waals surface area contributed by atoms with Crippen molar-refractivity contribution in [1.29, 1.82) is 0 Å². The van der Waals surface area contributed by atoms with Crippen molar-refractivity contribution in [3.8, 4) is 0 Å². The van der Waals surface area contributed by atoms with E-state index in [9.17, 15) is 4.79 Å². The van der Waals surface area contributed by atoms with Gasteiger partial charge in [0.2, 0.25) is 5.91 Å². The summed E-state index contributed by atoms with van der Waals surface area (Å²) in [6.07, 6.45) is 2.25. The normalized spacial score (nSPS) is 14.5. The van der Waals surface area contributed by atoms with Crippen molar-refractivity contribution in [2.24, 2.45) is 0 Å². The average Bonchev–Trinajstić information content (AvgIpc) is 3.36. The Balaban J connectivity index is 0.00000272. The number of benzene rings is 1. The quantitative estimate of drug-likeness (QED) is 0.422. The van der Waals surface area contributed by atoms with Gasteiger partial charge < -0.3 is 4.74 Å². The van der Waals surface area contributed by atoms with Crippen molar-refractivity contribution < 1.29 is 9.53 Å². The van der Waals surface area contributed by atoms with E-state index in [2.05, 4.69) is 30.0 Å². The number of aromatic nitrogens is 1. The molecule has 0 bridgehead atoms. The zero-order valence-corrected chi connectivity index (χ0v) is 20.7. The fraction of sp³-hybridized carbons (Fsp3) is 0.455. The van der Waals surface area contributed by atoms with Crippen molar-refractivity contribution in [1.82, 2.24) is 9.88 Å². The molecule has 0 unspecified atom stereocenters. The van der Waals surface area contributed by atoms with Crippen LogP contribution < -0.4 is 4.90 Å². The standard InChI is InChI=1S/C22H26ClN3O2S2.ClH/c1-2-16-4-6-18-19(14-16)30-22(24-18)26(9-3-8-25-10-12-28-13-11-25)21(27)15-17-5-7-20(23)29-17;/h4-7,14H,2-3,8-13,15H2,1H3;1H. The molecule has 2 aromatic heterocycles. The molecule has 0 radical (unpaired) electrons. The number of amides is 1. The zero-order valence-electron chi connectivity index (χ0n) is 17.5. The minimum Gasteiger partial charge on any atom is -0.379 e. The fourth-order valence-electron chi connectivity index (χ4n) is 3.59. The first kappa shape index (κ1) is 24.4. The molecular weight excluding hydrogens is 473 g/mol. The van der Waals surface area contributed by atoms with E-state index in [4.69, 9.17) is 21.3 Å². The molecule has 5 nitrogen and oxygen atoms in total. The van der Waals surface area contributed by atoms with Crippen LogP contribution in [0.1, 0.15) is 23.8 Å². The van der Waals surface area contributed by atoms with E-state index in [-0.39, 0.29) is 18.3 Å². The molecule has 4 rings (SSSR count). The Hall–Kier alpha value is -1.22. The molecule has 1 aliphatic rings. The molecule has 3 heterocycles. The van der Waals surface area contributed by atoms with Gasteiger partial charge in [0.1, 0.15) is 0 Å². The molecule has 9 heteroatoms. The fourth-order valence-corrected chi connectivity index (χ4v) is 5.74. The third kappa shape index (κ3) is 6.40. The van der Waals surface area contributed by atoms with Crippen molar-refractivity contribution >= 4 is 67.9 Å². The molecular formula is C22H27Cl2N3O2S2. The molecule has 168 valence electrons. The topological polar surface area (TPSA) is 45.7 Å². The van der Waals surface area contributed by atoms with Crippen molar-refractivity contribution in [3.05, 3.63) is 45.1 Å². The highest BCUT2D eigenvalue weighted by Crippen LogP contribution is 2.31. The summed E-state index contributed by atoms with van der Waals surface area (Å²) in [7, 11) is 0. The minimum atomic E-state index is 0. The average molecular weight is 501 g/mol. The number of aryl methyl sites for hydroxylation is 1.